The van der Waals surface area contributed by atoms with E-state index in [9.17, 15) is 4.79 Å². The molecular weight excluding hydrogens is 366 g/mol. The smallest absolute Gasteiger partial charge is 0.274 e. The van der Waals surface area contributed by atoms with E-state index in [2.05, 4.69) is 28.4 Å². The van der Waals surface area contributed by atoms with Gasteiger partial charge in [-0.1, -0.05) is 6.07 Å². The third-order valence-electron chi connectivity index (χ3n) is 5.51. The van der Waals surface area contributed by atoms with Crippen LogP contribution in [0.4, 0.5) is 0 Å². The van der Waals surface area contributed by atoms with Gasteiger partial charge in [-0.25, -0.2) is 0 Å². The summed E-state index contributed by atoms with van der Waals surface area (Å²) in [5, 5.41) is 8.30. The number of pyridine rings is 1. The number of hydrogen-bond acceptors (Lipinski definition) is 5. The molecule has 3 aromatic rings. The van der Waals surface area contributed by atoms with E-state index in [0.717, 1.165) is 43.5 Å². The third-order valence-corrected chi connectivity index (χ3v) is 5.51. The Kier molecular flexibility index (Phi) is 5.76. The Morgan fingerprint density at radius 1 is 1.38 bits per heavy atom. The van der Waals surface area contributed by atoms with Crippen molar-refractivity contribution in [3.8, 4) is 0 Å². The van der Waals surface area contributed by atoms with Crippen LogP contribution in [-0.2, 0) is 32.5 Å². The fourth-order valence-electron chi connectivity index (χ4n) is 3.97. The number of hydrogen-bond donors (Lipinski definition) is 1. The highest BCUT2D eigenvalue weighted by atomic mass is 16.3. The molecule has 0 aromatic carbocycles. The lowest BCUT2D eigenvalue weighted by molar-refractivity contribution is 0.0777. The zero-order valence-corrected chi connectivity index (χ0v) is 17.0. The van der Waals surface area contributed by atoms with E-state index in [1.165, 1.54) is 11.3 Å². The van der Waals surface area contributed by atoms with Crippen LogP contribution in [0.15, 0.2) is 47.5 Å². The minimum atomic E-state index is -0.0393. The summed E-state index contributed by atoms with van der Waals surface area (Å²) < 4.78 is 7.11. The maximum atomic E-state index is 13.1. The van der Waals surface area contributed by atoms with Crippen molar-refractivity contribution in [3.63, 3.8) is 0 Å². The first-order valence-electron chi connectivity index (χ1n) is 10.1. The van der Waals surface area contributed by atoms with Gasteiger partial charge in [-0.05, 0) is 43.9 Å². The lowest BCUT2D eigenvalue weighted by Crippen LogP contribution is -2.35. The number of fused-ring (bicyclic) bond motifs is 1. The number of furan rings is 1. The third kappa shape index (κ3) is 4.24. The highest BCUT2D eigenvalue weighted by molar-refractivity contribution is 5.94. The van der Waals surface area contributed by atoms with Crippen LogP contribution in [-0.4, -0.2) is 38.7 Å². The molecule has 4 rings (SSSR count). The summed E-state index contributed by atoms with van der Waals surface area (Å²) in [4.78, 5) is 19.0. The Morgan fingerprint density at radius 2 is 2.28 bits per heavy atom. The standard InChI is InChI=1S/C22H27N5O2/c1-3-27-20-7-6-18(24-13-16-5-4-9-23-12-16)11-19(20)21(25-27)22(28)26(2)14-17-8-10-29-15-17/h4-5,8-10,12,15,18,24H,3,6-7,11,13-14H2,1-2H3. The Labute approximate surface area is 170 Å². The molecule has 1 amide bonds. The summed E-state index contributed by atoms with van der Waals surface area (Å²) >= 11 is 0. The molecule has 152 valence electrons. The van der Waals surface area contributed by atoms with E-state index in [0.29, 0.717) is 18.3 Å². The van der Waals surface area contributed by atoms with Crippen LogP contribution in [0.25, 0.3) is 0 Å². The normalized spacial score (nSPS) is 15.9. The van der Waals surface area contributed by atoms with Crippen molar-refractivity contribution < 1.29 is 9.21 Å². The van der Waals surface area contributed by atoms with Crippen molar-refractivity contribution in [1.82, 2.24) is 25.0 Å². The number of aromatic nitrogens is 3. The van der Waals surface area contributed by atoms with Crippen LogP contribution in [0, 0.1) is 0 Å². The van der Waals surface area contributed by atoms with E-state index in [1.807, 2.05) is 30.1 Å². The molecule has 1 N–H and O–H groups in total. The molecule has 0 saturated heterocycles. The van der Waals surface area contributed by atoms with E-state index in [4.69, 9.17) is 4.42 Å². The van der Waals surface area contributed by atoms with E-state index in [1.54, 1.807) is 23.6 Å². The van der Waals surface area contributed by atoms with Crippen LogP contribution in [0.2, 0.25) is 0 Å². The van der Waals surface area contributed by atoms with Gasteiger partial charge in [0.2, 0.25) is 0 Å². The van der Waals surface area contributed by atoms with Gasteiger partial charge in [-0.15, -0.1) is 0 Å². The highest BCUT2D eigenvalue weighted by Crippen LogP contribution is 2.26. The molecule has 29 heavy (non-hydrogen) atoms. The first-order valence-corrected chi connectivity index (χ1v) is 10.1. The first-order chi connectivity index (χ1) is 14.2. The Bertz CT molecular complexity index is 949. The predicted molar refractivity (Wildman–Crippen MR) is 109 cm³/mol. The number of aryl methyl sites for hydroxylation is 1. The topological polar surface area (TPSA) is 76.2 Å². The molecule has 0 aliphatic heterocycles. The zero-order valence-electron chi connectivity index (χ0n) is 17.0. The fourth-order valence-corrected chi connectivity index (χ4v) is 3.97. The predicted octanol–water partition coefficient (Wildman–Crippen LogP) is 2.81. The summed E-state index contributed by atoms with van der Waals surface area (Å²) in [5.41, 5.74) is 5.01. The number of nitrogens with zero attached hydrogens (tertiary/aromatic N) is 4. The van der Waals surface area contributed by atoms with Crippen LogP contribution >= 0.6 is 0 Å². The number of nitrogens with one attached hydrogen (secondary N) is 1. The molecule has 3 aromatic heterocycles. The molecule has 0 saturated carbocycles. The molecule has 7 heteroatoms. The molecule has 7 nitrogen and oxygen atoms in total. The maximum absolute atomic E-state index is 13.1. The van der Waals surface area contributed by atoms with Gasteiger partial charge in [0.25, 0.3) is 5.91 Å². The average molecular weight is 393 g/mol. The van der Waals surface area contributed by atoms with E-state index in [-0.39, 0.29) is 5.91 Å². The molecule has 1 aliphatic rings. The molecular formula is C22H27N5O2. The average Bonchev–Trinajstić information content (AvgIpc) is 3.39. The second-order valence-electron chi connectivity index (χ2n) is 7.56. The highest BCUT2D eigenvalue weighted by Gasteiger charge is 2.30. The Balaban J connectivity index is 1.49. The second-order valence-corrected chi connectivity index (χ2v) is 7.56. The fraction of sp³-hybridized carbons (Fsp3) is 0.409. The van der Waals surface area contributed by atoms with Crippen LogP contribution in [0.1, 0.15) is 46.2 Å². The lowest BCUT2D eigenvalue weighted by atomic mass is 9.91. The minimum absolute atomic E-state index is 0.0393. The molecule has 0 radical (unpaired) electrons. The molecule has 3 heterocycles. The first kappa shape index (κ1) is 19.4. The SMILES string of the molecule is CCn1nc(C(=O)N(C)Cc2ccoc2)c2c1CCC(NCc1cccnc1)C2. The lowest BCUT2D eigenvalue weighted by Gasteiger charge is -2.25. The number of carbonyl (C=O) groups excluding carboxylic acids is 1. The van der Waals surface area contributed by atoms with Gasteiger partial charge in [-0.3, -0.25) is 14.5 Å². The van der Waals surface area contributed by atoms with Crippen molar-refractivity contribution >= 4 is 5.91 Å². The summed E-state index contributed by atoms with van der Waals surface area (Å²) in [7, 11) is 1.81. The number of carbonyl (C=O) groups is 1. The Morgan fingerprint density at radius 3 is 3.00 bits per heavy atom. The van der Waals surface area contributed by atoms with Crippen molar-refractivity contribution in [2.75, 3.05) is 7.05 Å². The van der Waals surface area contributed by atoms with Crippen molar-refractivity contribution in [3.05, 3.63) is 71.2 Å². The van der Waals surface area contributed by atoms with Gasteiger partial charge in [0.05, 0.1) is 12.5 Å². The van der Waals surface area contributed by atoms with Crippen LogP contribution < -0.4 is 5.32 Å². The van der Waals surface area contributed by atoms with Gasteiger partial charge < -0.3 is 14.6 Å². The van der Waals surface area contributed by atoms with Crippen LogP contribution in [0.5, 0.6) is 0 Å². The van der Waals surface area contributed by atoms with E-state index >= 15 is 0 Å². The largest absolute Gasteiger partial charge is 0.472 e. The van der Waals surface area contributed by atoms with Crippen molar-refractivity contribution in [1.29, 1.82) is 0 Å². The van der Waals surface area contributed by atoms with E-state index < -0.39 is 0 Å². The Hall–Kier alpha value is -2.93. The molecule has 1 aliphatic carbocycles. The molecule has 1 unspecified atom stereocenters. The molecule has 0 bridgehead atoms. The number of rotatable bonds is 7. The maximum Gasteiger partial charge on any atom is 0.274 e. The summed E-state index contributed by atoms with van der Waals surface area (Å²) in [6, 6.07) is 6.22. The van der Waals surface area contributed by atoms with Crippen molar-refractivity contribution in [2.24, 2.45) is 0 Å². The van der Waals surface area contributed by atoms with Crippen LogP contribution in [0.3, 0.4) is 0 Å². The van der Waals surface area contributed by atoms with Gasteiger partial charge in [-0.2, -0.15) is 5.10 Å². The zero-order chi connectivity index (χ0) is 20.2. The van der Waals surface area contributed by atoms with Gasteiger partial charge in [0, 0.05) is 61.9 Å². The molecule has 0 fully saturated rings. The summed E-state index contributed by atoms with van der Waals surface area (Å²) in [5.74, 6) is -0.0393. The van der Waals surface area contributed by atoms with Crippen molar-refractivity contribution in [2.45, 2.75) is 51.9 Å². The molecule has 0 spiro atoms. The minimum Gasteiger partial charge on any atom is -0.472 e. The number of amides is 1. The quantitative estimate of drug-likeness (QED) is 0.668. The van der Waals surface area contributed by atoms with Gasteiger partial charge in [0.1, 0.15) is 0 Å². The van der Waals surface area contributed by atoms with Gasteiger partial charge >= 0.3 is 0 Å². The van der Waals surface area contributed by atoms with Gasteiger partial charge in [0.15, 0.2) is 5.69 Å². The summed E-state index contributed by atoms with van der Waals surface area (Å²) in [6.45, 7) is 4.13. The molecule has 1 atom stereocenters. The second kappa shape index (κ2) is 8.61. The summed E-state index contributed by atoms with van der Waals surface area (Å²) in [6.07, 6.45) is 9.75. The monoisotopic (exact) mass is 393 g/mol.